The van der Waals surface area contributed by atoms with E-state index < -0.39 is 0 Å². The maximum Gasteiger partial charge on any atom is 0.220 e. The van der Waals surface area contributed by atoms with E-state index in [0.717, 1.165) is 6.54 Å². The van der Waals surface area contributed by atoms with Crippen molar-refractivity contribution >= 4 is 18.3 Å². The van der Waals surface area contributed by atoms with Crippen molar-refractivity contribution in [3.05, 3.63) is 48.0 Å². The summed E-state index contributed by atoms with van der Waals surface area (Å²) in [6.45, 7) is 1.35. The molecular weight excluding hydrogens is 307 g/mol. The minimum Gasteiger partial charge on any atom is -0.461 e. The van der Waals surface area contributed by atoms with Crippen LogP contribution in [0.5, 0.6) is 0 Å². The predicted molar refractivity (Wildman–Crippen MR) is 86.6 cm³/mol. The van der Waals surface area contributed by atoms with Crippen LogP contribution in [-0.2, 0) is 11.2 Å². The van der Waals surface area contributed by atoms with Crippen molar-refractivity contribution in [1.82, 2.24) is 10.6 Å². The van der Waals surface area contributed by atoms with E-state index in [-0.39, 0.29) is 24.1 Å². The Labute approximate surface area is 135 Å². The van der Waals surface area contributed by atoms with Crippen LogP contribution >= 0.6 is 12.4 Å². The summed E-state index contributed by atoms with van der Waals surface area (Å²) in [5.74, 6) is 0.827. The molecule has 1 aromatic heterocycles. The lowest BCUT2D eigenvalue weighted by Crippen LogP contribution is -2.30. The third-order valence-electron chi connectivity index (χ3n) is 3.10. The highest BCUT2D eigenvalue weighted by molar-refractivity contribution is 5.85. The van der Waals surface area contributed by atoms with Gasteiger partial charge in [0.15, 0.2) is 0 Å². The highest BCUT2D eigenvalue weighted by Gasteiger charge is 2.10. The number of amides is 1. The van der Waals surface area contributed by atoms with Gasteiger partial charge in [0, 0.05) is 25.9 Å². The van der Waals surface area contributed by atoms with Gasteiger partial charge in [-0.15, -0.1) is 12.4 Å². The molecule has 0 aliphatic carbocycles. The van der Waals surface area contributed by atoms with Gasteiger partial charge in [-0.05, 0) is 31.3 Å². The van der Waals surface area contributed by atoms with Gasteiger partial charge in [-0.1, -0.05) is 12.1 Å². The first kappa shape index (κ1) is 18.2. The smallest absolute Gasteiger partial charge is 0.220 e. The molecule has 6 heteroatoms. The molecule has 0 radical (unpaired) electrons. The van der Waals surface area contributed by atoms with Crippen LogP contribution in [0.4, 0.5) is 4.39 Å². The molecule has 0 unspecified atom stereocenters. The molecule has 0 bridgehead atoms. The van der Waals surface area contributed by atoms with Gasteiger partial charge in [-0.3, -0.25) is 4.79 Å². The van der Waals surface area contributed by atoms with Gasteiger partial charge in [0.2, 0.25) is 5.91 Å². The molecule has 120 valence electrons. The molecule has 1 heterocycles. The first-order valence-electron chi connectivity index (χ1n) is 6.95. The molecule has 0 saturated heterocycles. The van der Waals surface area contributed by atoms with Crippen molar-refractivity contribution in [3.8, 4) is 11.3 Å². The van der Waals surface area contributed by atoms with Gasteiger partial charge >= 0.3 is 0 Å². The molecule has 2 N–H and O–H groups in total. The fourth-order valence-corrected chi connectivity index (χ4v) is 1.97. The Morgan fingerprint density at radius 2 is 1.95 bits per heavy atom. The number of hydrogen-bond acceptors (Lipinski definition) is 3. The minimum atomic E-state index is -0.316. The van der Waals surface area contributed by atoms with Crippen LogP contribution in [-0.4, -0.2) is 26.0 Å². The van der Waals surface area contributed by atoms with E-state index >= 15 is 0 Å². The standard InChI is InChI=1S/C16H19FN2O2.ClH/c1-18-10-11-19-16(20)9-7-12-6-8-15(21-12)13-4-2-3-5-14(13)17;/h2-6,8,18H,7,9-11H2,1H3,(H,19,20);1H. The molecule has 22 heavy (non-hydrogen) atoms. The van der Waals surface area contributed by atoms with Crippen LogP contribution in [0.2, 0.25) is 0 Å². The van der Waals surface area contributed by atoms with Crippen LogP contribution in [0, 0.1) is 5.82 Å². The number of benzene rings is 1. The molecule has 0 saturated carbocycles. The zero-order valence-corrected chi connectivity index (χ0v) is 13.2. The van der Waals surface area contributed by atoms with Crippen molar-refractivity contribution < 1.29 is 13.6 Å². The molecule has 0 fully saturated rings. The van der Waals surface area contributed by atoms with Gasteiger partial charge in [0.25, 0.3) is 0 Å². The summed E-state index contributed by atoms with van der Waals surface area (Å²) in [5.41, 5.74) is 0.433. The summed E-state index contributed by atoms with van der Waals surface area (Å²) in [7, 11) is 1.83. The minimum absolute atomic E-state index is 0. The Balaban J connectivity index is 0.00000242. The van der Waals surface area contributed by atoms with Crippen LogP contribution in [0.15, 0.2) is 40.8 Å². The van der Waals surface area contributed by atoms with E-state index in [9.17, 15) is 9.18 Å². The molecule has 0 aliphatic rings. The third kappa shape index (κ3) is 5.16. The SMILES string of the molecule is CNCCNC(=O)CCc1ccc(-c2ccccc2F)o1.Cl. The average Bonchev–Trinajstić information content (AvgIpc) is 2.94. The third-order valence-corrected chi connectivity index (χ3v) is 3.10. The first-order chi connectivity index (χ1) is 10.2. The maximum absolute atomic E-state index is 13.6. The second-order valence-electron chi connectivity index (χ2n) is 4.70. The molecule has 1 aromatic carbocycles. The van der Waals surface area contributed by atoms with E-state index in [0.29, 0.717) is 36.5 Å². The van der Waals surface area contributed by atoms with Gasteiger partial charge in [0.05, 0.1) is 5.56 Å². The fraction of sp³-hybridized carbons (Fsp3) is 0.312. The number of rotatable bonds is 7. The number of carbonyl (C=O) groups excluding carboxylic acids is 1. The Morgan fingerprint density at radius 3 is 2.68 bits per heavy atom. The predicted octanol–water partition coefficient (Wildman–Crippen LogP) is 2.78. The lowest BCUT2D eigenvalue weighted by molar-refractivity contribution is -0.121. The number of halogens is 2. The van der Waals surface area contributed by atoms with Crippen LogP contribution in [0.3, 0.4) is 0 Å². The van der Waals surface area contributed by atoms with E-state index in [1.807, 2.05) is 7.05 Å². The summed E-state index contributed by atoms with van der Waals surface area (Å²) in [6, 6.07) is 9.97. The van der Waals surface area contributed by atoms with Gasteiger partial charge in [0.1, 0.15) is 17.3 Å². The zero-order chi connectivity index (χ0) is 15.1. The Hall–Kier alpha value is -1.85. The normalized spacial score (nSPS) is 10.1. The van der Waals surface area contributed by atoms with E-state index in [4.69, 9.17) is 4.42 Å². The summed E-state index contributed by atoms with van der Waals surface area (Å²) < 4.78 is 19.2. The summed E-state index contributed by atoms with van der Waals surface area (Å²) in [6.07, 6.45) is 0.855. The lowest BCUT2D eigenvalue weighted by atomic mass is 10.1. The van der Waals surface area contributed by atoms with Gasteiger partial charge in [-0.2, -0.15) is 0 Å². The Kier molecular flexibility index (Phi) is 7.63. The number of hydrogen-bond donors (Lipinski definition) is 2. The topological polar surface area (TPSA) is 54.3 Å². The molecular formula is C16H20ClFN2O2. The Morgan fingerprint density at radius 1 is 1.18 bits per heavy atom. The zero-order valence-electron chi connectivity index (χ0n) is 12.4. The number of likely N-dealkylation sites (N-methyl/N-ethyl adjacent to an activating group) is 1. The summed E-state index contributed by atoms with van der Waals surface area (Å²) in [5, 5.41) is 5.75. The van der Waals surface area contributed by atoms with E-state index in [2.05, 4.69) is 10.6 Å². The van der Waals surface area contributed by atoms with Crippen molar-refractivity contribution in [2.45, 2.75) is 12.8 Å². The number of furan rings is 1. The second kappa shape index (κ2) is 9.23. The van der Waals surface area contributed by atoms with Gasteiger partial charge < -0.3 is 15.1 Å². The van der Waals surface area contributed by atoms with Crippen molar-refractivity contribution in [1.29, 1.82) is 0 Å². The highest BCUT2D eigenvalue weighted by Crippen LogP contribution is 2.25. The summed E-state index contributed by atoms with van der Waals surface area (Å²) in [4.78, 5) is 11.6. The molecule has 1 amide bonds. The van der Waals surface area contributed by atoms with E-state index in [1.54, 1.807) is 30.3 Å². The molecule has 2 aromatic rings. The lowest BCUT2D eigenvalue weighted by Gasteiger charge is -2.03. The molecule has 0 aliphatic heterocycles. The van der Waals surface area contributed by atoms with Crippen molar-refractivity contribution in [2.75, 3.05) is 20.1 Å². The quantitative estimate of drug-likeness (QED) is 0.769. The van der Waals surface area contributed by atoms with E-state index in [1.165, 1.54) is 6.07 Å². The maximum atomic E-state index is 13.6. The highest BCUT2D eigenvalue weighted by atomic mass is 35.5. The van der Waals surface area contributed by atoms with Crippen molar-refractivity contribution in [2.24, 2.45) is 0 Å². The number of nitrogens with one attached hydrogen (secondary N) is 2. The molecule has 0 spiro atoms. The van der Waals surface area contributed by atoms with Crippen LogP contribution < -0.4 is 10.6 Å². The van der Waals surface area contributed by atoms with Crippen molar-refractivity contribution in [3.63, 3.8) is 0 Å². The molecule has 2 rings (SSSR count). The second-order valence-corrected chi connectivity index (χ2v) is 4.70. The molecule has 4 nitrogen and oxygen atoms in total. The number of carbonyl (C=O) groups is 1. The first-order valence-corrected chi connectivity index (χ1v) is 6.95. The van der Waals surface area contributed by atoms with Crippen LogP contribution in [0.1, 0.15) is 12.2 Å². The largest absolute Gasteiger partial charge is 0.461 e. The summed E-state index contributed by atoms with van der Waals surface area (Å²) >= 11 is 0. The van der Waals surface area contributed by atoms with Crippen LogP contribution in [0.25, 0.3) is 11.3 Å². The Bertz CT molecular complexity index is 601. The molecule has 0 atom stereocenters. The van der Waals surface area contributed by atoms with Gasteiger partial charge in [-0.25, -0.2) is 4.39 Å². The average molecular weight is 327 g/mol. The number of aryl methyl sites for hydroxylation is 1. The monoisotopic (exact) mass is 326 g/mol. The fourth-order valence-electron chi connectivity index (χ4n) is 1.97.